The van der Waals surface area contributed by atoms with Crippen LogP contribution in [-0.4, -0.2) is 25.1 Å². The third-order valence-electron chi connectivity index (χ3n) is 4.86. The van der Waals surface area contributed by atoms with E-state index in [1.54, 1.807) is 31.5 Å². The van der Waals surface area contributed by atoms with Gasteiger partial charge in [-0.2, -0.15) is 0 Å². The van der Waals surface area contributed by atoms with Gasteiger partial charge < -0.3 is 9.30 Å². The van der Waals surface area contributed by atoms with Gasteiger partial charge in [0.25, 0.3) is 0 Å². The van der Waals surface area contributed by atoms with Gasteiger partial charge in [-0.3, -0.25) is 0 Å². The summed E-state index contributed by atoms with van der Waals surface area (Å²) in [6.07, 6.45) is 3.58. The van der Waals surface area contributed by atoms with Crippen molar-refractivity contribution in [1.29, 1.82) is 0 Å². The van der Waals surface area contributed by atoms with Crippen LogP contribution in [0.5, 0.6) is 5.75 Å². The minimum atomic E-state index is -3.67. The molecule has 6 nitrogen and oxygen atoms in total. The Bertz CT molecular complexity index is 1280. The van der Waals surface area contributed by atoms with Gasteiger partial charge in [-0.05, 0) is 53.6 Å². The zero-order chi connectivity index (χ0) is 20.4. The molecule has 0 radical (unpaired) electrons. The maximum absolute atomic E-state index is 12.9. The predicted molar refractivity (Wildman–Crippen MR) is 113 cm³/mol. The van der Waals surface area contributed by atoms with Gasteiger partial charge in [-0.25, -0.2) is 18.1 Å². The SMILES string of the molecule is COc1ccc2cc(S(=O)(=O)NCc3ccccc3-n3ccnc3C)ccc2c1. The Morgan fingerprint density at radius 1 is 1.03 bits per heavy atom. The maximum atomic E-state index is 12.9. The Kier molecular flexibility index (Phi) is 5.08. The number of nitrogens with one attached hydrogen (secondary N) is 1. The van der Waals surface area contributed by atoms with Gasteiger partial charge in [0, 0.05) is 18.9 Å². The third kappa shape index (κ3) is 3.87. The highest BCUT2D eigenvalue weighted by atomic mass is 32.2. The molecule has 0 aliphatic rings. The number of nitrogens with zero attached hydrogens (tertiary/aromatic N) is 2. The summed E-state index contributed by atoms with van der Waals surface area (Å²) >= 11 is 0. The van der Waals surface area contributed by atoms with E-state index in [1.165, 1.54) is 0 Å². The fourth-order valence-electron chi connectivity index (χ4n) is 3.28. The van der Waals surface area contributed by atoms with Crippen LogP contribution in [0.1, 0.15) is 11.4 Å². The quantitative estimate of drug-likeness (QED) is 0.527. The molecule has 4 aromatic rings. The number of imidazole rings is 1. The molecule has 4 rings (SSSR count). The summed E-state index contributed by atoms with van der Waals surface area (Å²) in [6, 6.07) is 18.3. The van der Waals surface area contributed by atoms with E-state index in [2.05, 4.69) is 9.71 Å². The molecule has 1 N–H and O–H groups in total. The highest BCUT2D eigenvalue weighted by Gasteiger charge is 2.16. The molecule has 0 fully saturated rings. The van der Waals surface area contributed by atoms with E-state index in [-0.39, 0.29) is 11.4 Å². The third-order valence-corrected chi connectivity index (χ3v) is 6.26. The molecule has 7 heteroatoms. The molecule has 0 amide bonds. The van der Waals surface area contributed by atoms with Crippen molar-refractivity contribution in [2.24, 2.45) is 0 Å². The van der Waals surface area contributed by atoms with E-state index in [0.29, 0.717) is 0 Å². The van der Waals surface area contributed by atoms with Crippen LogP contribution in [0.3, 0.4) is 0 Å². The van der Waals surface area contributed by atoms with Crippen molar-refractivity contribution in [2.75, 3.05) is 7.11 Å². The summed E-state index contributed by atoms with van der Waals surface area (Å²) in [5.74, 6) is 1.57. The molecule has 0 unspecified atom stereocenters. The number of hydrogen-bond donors (Lipinski definition) is 1. The zero-order valence-corrected chi connectivity index (χ0v) is 17.0. The van der Waals surface area contributed by atoms with E-state index in [0.717, 1.165) is 33.6 Å². The molecule has 0 aliphatic carbocycles. The first-order valence-corrected chi connectivity index (χ1v) is 10.6. The van der Waals surface area contributed by atoms with Gasteiger partial charge in [0.2, 0.25) is 10.0 Å². The molecule has 0 bridgehead atoms. The fourth-order valence-corrected chi connectivity index (χ4v) is 4.32. The highest BCUT2D eigenvalue weighted by Crippen LogP contribution is 2.24. The van der Waals surface area contributed by atoms with Crippen LogP contribution in [-0.2, 0) is 16.6 Å². The summed E-state index contributed by atoms with van der Waals surface area (Å²) in [7, 11) is -2.06. The van der Waals surface area contributed by atoms with E-state index in [4.69, 9.17) is 4.74 Å². The second kappa shape index (κ2) is 7.69. The average molecular weight is 407 g/mol. The standard InChI is InChI=1S/C22H21N3O3S/c1-16-23-11-12-25(16)22-6-4-3-5-19(22)15-24-29(26,27)21-10-8-17-13-20(28-2)9-7-18(17)14-21/h3-14,24H,15H2,1-2H3. The van der Waals surface area contributed by atoms with Crippen molar-refractivity contribution in [2.45, 2.75) is 18.4 Å². The molecule has 29 heavy (non-hydrogen) atoms. The summed E-state index contributed by atoms with van der Waals surface area (Å²) in [4.78, 5) is 4.48. The van der Waals surface area contributed by atoms with Crippen molar-refractivity contribution in [3.05, 3.63) is 84.4 Å². The van der Waals surface area contributed by atoms with Crippen molar-refractivity contribution in [3.8, 4) is 11.4 Å². The topological polar surface area (TPSA) is 73.2 Å². The number of rotatable bonds is 6. The number of aryl methyl sites for hydroxylation is 1. The molecule has 1 aromatic heterocycles. The monoisotopic (exact) mass is 407 g/mol. The summed E-state index contributed by atoms with van der Waals surface area (Å²) in [5.41, 5.74) is 1.76. The highest BCUT2D eigenvalue weighted by molar-refractivity contribution is 7.89. The summed E-state index contributed by atoms with van der Waals surface area (Å²) in [6.45, 7) is 2.09. The Hall–Kier alpha value is -3.16. The molecule has 0 saturated heterocycles. The lowest BCUT2D eigenvalue weighted by Crippen LogP contribution is -2.24. The fraction of sp³-hybridized carbons (Fsp3) is 0.136. The van der Waals surface area contributed by atoms with E-state index < -0.39 is 10.0 Å². The van der Waals surface area contributed by atoms with Crippen LogP contribution in [0.2, 0.25) is 0 Å². The van der Waals surface area contributed by atoms with Crippen LogP contribution in [0.4, 0.5) is 0 Å². The van der Waals surface area contributed by atoms with Crippen LogP contribution >= 0.6 is 0 Å². The molecule has 0 aliphatic heterocycles. The Balaban J connectivity index is 1.60. The number of methoxy groups -OCH3 is 1. The van der Waals surface area contributed by atoms with Gasteiger partial charge in [0.05, 0.1) is 17.7 Å². The number of ether oxygens (including phenoxy) is 1. The second-order valence-electron chi connectivity index (χ2n) is 6.67. The largest absolute Gasteiger partial charge is 0.497 e. The normalized spacial score (nSPS) is 11.7. The molecule has 148 valence electrons. The Labute approximate surface area is 169 Å². The summed E-state index contributed by atoms with van der Waals surface area (Å²) in [5, 5.41) is 1.76. The van der Waals surface area contributed by atoms with Gasteiger partial charge in [0.15, 0.2) is 0 Å². The lowest BCUT2D eigenvalue weighted by atomic mass is 10.1. The first-order chi connectivity index (χ1) is 14.0. The average Bonchev–Trinajstić information content (AvgIpc) is 3.17. The zero-order valence-electron chi connectivity index (χ0n) is 16.2. The first kappa shape index (κ1) is 19.2. The van der Waals surface area contributed by atoms with Crippen molar-refractivity contribution in [3.63, 3.8) is 0 Å². The lowest BCUT2D eigenvalue weighted by Gasteiger charge is -2.13. The van der Waals surface area contributed by atoms with E-state index in [1.807, 2.05) is 60.2 Å². The van der Waals surface area contributed by atoms with Crippen LogP contribution in [0.25, 0.3) is 16.5 Å². The van der Waals surface area contributed by atoms with E-state index >= 15 is 0 Å². The molecule has 1 heterocycles. The van der Waals surface area contributed by atoms with Crippen molar-refractivity contribution < 1.29 is 13.2 Å². The minimum absolute atomic E-state index is 0.177. The number of hydrogen-bond acceptors (Lipinski definition) is 4. The number of aromatic nitrogens is 2. The summed E-state index contributed by atoms with van der Waals surface area (Å²) < 4.78 is 35.6. The Morgan fingerprint density at radius 3 is 2.55 bits per heavy atom. The van der Waals surface area contributed by atoms with Gasteiger partial charge in [0.1, 0.15) is 11.6 Å². The number of fused-ring (bicyclic) bond motifs is 1. The first-order valence-electron chi connectivity index (χ1n) is 9.14. The lowest BCUT2D eigenvalue weighted by molar-refractivity contribution is 0.415. The molecule has 0 saturated carbocycles. The van der Waals surface area contributed by atoms with Crippen molar-refractivity contribution >= 4 is 20.8 Å². The van der Waals surface area contributed by atoms with Gasteiger partial charge in [-0.1, -0.05) is 30.3 Å². The minimum Gasteiger partial charge on any atom is -0.497 e. The molecular weight excluding hydrogens is 386 g/mol. The predicted octanol–water partition coefficient (Wildman–Crippen LogP) is 3.82. The molecule has 0 atom stereocenters. The molecule has 0 spiro atoms. The maximum Gasteiger partial charge on any atom is 0.240 e. The number of sulfonamides is 1. The van der Waals surface area contributed by atoms with Crippen LogP contribution in [0.15, 0.2) is 78.0 Å². The molecular formula is C22H21N3O3S. The van der Waals surface area contributed by atoms with Crippen LogP contribution < -0.4 is 9.46 Å². The van der Waals surface area contributed by atoms with Crippen molar-refractivity contribution in [1.82, 2.24) is 14.3 Å². The van der Waals surface area contributed by atoms with Gasteiger partial charge >= 0.3 is 0 Å². The van der Waals surface area contributed by atoms with E-state index in [9.17, 15) is 8.42 Å². The smallest absolute Gasteiger partial charge is 0.240 e. The second-order valence-corrected chi connectivity index (χ2v) is 8.44. The number of benzene rings is 3. The molecule has 3 aromatic carbocycles. The van der Waals surface area contributed by atoms with Crippen LogP contribution in [0, 0.1) is 6.92 Å². The number of para-hydroxylation sites is 1. The Morgan fingerprint density at radius 2 is 1.79 bits per heavy atom. The van der Waals surface area contributed by atoms with Gasteiger partial charge in [-0.15, -0.1) is 0 Å².